The molecule has 0 amide bonds. The van der Waals surface area contributed by atoms with Crippen molar-refractivity contribution in [3.05, 3.63) is 25.3 Å². The second-order valence-electron chi connectivity index (χ2n) is 3.79. The third-order valence-corrected chi connectivity index (χ3v) is 2.80. The van der Waals surface area contributed by atoms with Crippen LogP contribution in [0.5, 0.6) is 0 Å². The molecule has 0 aromatic heterocycles. The summed E-state index contributed by atoms with van der Waals surface area (Å²) in [5.41, 5.74) is 0. The molecule has 0 N–H and O–H groups in total. The smallest absolute Gasteiger partial charge is 0.0973 e. The molecule has 0 bridgehead atoms. The third-order valence-electron chi connectivity index (χ3n) is 2.80. The standard InChI is InChI=1S/C11H20N.ClH/c1-3-8-12(9-4-2)10-6-5-7-11-12;/h3-4H,1-2,5-11H2;1H/q+1;/p-1. The van der Waals surface area contributed by atoms with E-state index in [0.29, 0.717) is 0 Å². The van der Waals surface area contributed by atoms with Gasteiger partial charge in [0.05, 0.1) is 26.2 Å². The van der Waals surface area contributed by atoms with E-state index in [1.807, 2.05) is 0 Å². The van der Waals surface area contributed by atoms with Crippen molar-refractivity contribution in [3.63, 3.8) is 0 Å². The number of likely N-dealkylation sites (tertiary alicyclic amines) is 1. The summed E-state index contributed by atoms with van der Waals surface area (Å²) >= 11 is 0. The molecule has 0 aromatic carbocycles. The minimum atomic E-state index is 0. The number of rotatable bonds is 4. The molecule has 1 rings (SSSR count). The van der Waals surface area contributed by atoms with E-state index in [2.05, 4.69) is 25.3 Å². The van der Waals surface area contributed by atoms with Crippen LogP contribution in [0.15, 0.2) is 25.3 Å². The zero-order valence-electron chi connectivity index (χ0n) is 8.34. The summed E-state index contributed by atoms with van der Waals surface area (Å²) in [7, 11) is 0. The second kappa shape index (κ2) is 6.22. The highest BCUT2D eigenvalue weighted by Gasteiger charge is 2.26. The summed E-state index contributed by atoms with van der Waals surface area (Å²) < 4.78 is 1.20. The van der Waals surface area contributed by atoms with Gasteiger partial charge in [0.2, 0.25) is 0 Å². The molecule has 0 unspecified atom stereocenters. The van der Waals surface area contributed by atoms with Crippen LogP contribution >= 0.6 is 0 Å². The molecule has 1 heterocycles. The molecule has 1 aliphatic heterocycles. The predicted octanol–water partition coefficient (Wildman–Crippen LogP) is -0.637. The summed E-state index contributed by atoms with van der Waals surface area (Å²) in [6.07, 6.45) is 8.27. The zero-order chi connectivity index (χ0) is 8.86. The molecule has 1 aliphatic rings. The first-order valence-electron chi connectivity index (χ1n) is 4.90. The van der Waals surface area contributed by atoms with Crippen LogP contribution in [-0.4, -0.2) is 30.7 Å². The number of nitrogens with zero attached hydrogens (tertiary/aromatic N) is 1. The van der Waals surface area contributed by atoms with Crippen LogP contribution in [0.3, 0.4) is 0 Å². The van der Waals surface area contributed by atoms with Crippen molar-refractivity contribution in [1.82, 2.24) is 0 Å². The summed E-state index contributed by atoms with van der Waals surface area (Å²) in [5, 5.41) is 0. The molecule has 0 atom stereocenters. The van der Waals surface area contributed by atoms with Crippen molar-refractivity contribution in [1.29, 1.82) is 0 Å². The quantitative estimate of drug-likeness (QED) is 0.420. The van der Waals surface area contributed by atoms with E-state index in [-0.39, 0.29) is 12.4 Å². The van der Waals surface area contributed by atoms with Gasteiger partial charge in [-0.15, -0.1) is 0 Å². The van der Waals surface area contributed by atoms with Gasteiger partial charge in [-0.25, -0.2) is 0 Å². The van der Waals surface area contributed by atoms with E-state index in [1.54, 1.807) is 0 Å². The predicted molar refractivity (Wildman–Crippen MR) is 54.0 cm³/mol. The van der Waals surface area contributed by atoms with Crippen LogP contribution in [0.25, 0.3) is 0 Å². The minimum Gasteiger partial charge on any atom is -1.00 e. The number of quaternary nitrogens is 1. The molecular formula is C11H20ClN. The van der Waals surface area contributed by atoms with Crippen LogP contribution in [0, 0.1) is 0 Å². The summed E-state index contributed by atoms with van der Waals surface area (Å²) in [6.45, 7) is 12.5. The molecule has 1 fully saturated rings. The largest absolute Gasteiger partial charge is 1.00 e. The Balaban J connectivity index is 0.00000144. The Kier molecular flexibility index (Phi) is 6.10. The van der Waals surface area contributed by atoms with Crippen LogP contribution < -0.4 is 12.4 Å². The van der Waals surface area contributed by atoms with Gasteiger partial charge in [-0.2, -0.15) is 0 Å². The lowest BCUT2D eigenvalue weighted by Gasteiger charge is -2.40. The van der Waals surface area contributed by atoms with Crippen molar-refractivity contribution in [2.45, 2.75) is 19.3 Å². The lowest BCUT2D eigenvalue weighted by Crippen LogP contribution is -3.00. The van der Waals surface area contributed by atoms with Gasteiger partial charge in [0.25, 0.3) is 0 Å². The van der Waals surface area contributed by atoms with Gasteiger partial charge in [0.1, 0.15) is 0 Å². The maximum atomic E-state index is 3.83. The lowest BCUT2D eigenvalue weighted by atomic mass is 10.1. The fourth-order valence-corrected chi connectivity index (χ4v) is 2.17. The molecule has 1 saturated heterocycles. The van der Waals surface area contributed by atoms with Crippen molar-refractivity contribution >= 4 is 0 Å². The highest BCUT2D eigenvalue weighted by Crippen LogP contribution is 2.18. The minimum absolute atomic E-state index is 0. The van der Waals surface area contributed by atoms with Crippen LogP contribution in [0.2, 0.25) is 0 Å². The fraction of sp³-hybridized carbons (Fsp3) is 0.636. The summed E-state index contributed by atoms with van der Waals surface area (Å²) in [4.78, 5) is 0. The number of hydrogen-bond acceptors (Lipinski definition) is 0. The van der Waals surface area contributed by atoms with E-state index in [9.17, 15) is 0 Å². The Labute approximate surface area is 88.1 Å². The molecule has 1 nitrogen and oxygen atoms in total. The average molecular weight is 202 g/mol. The summed E-state index contributed by atoms with van der Waals surface area (Å²) in [5.74, 6) is 0. The Morgan fingerprint density at radius 2 is 1.38 bits per heavy atom. The Hall–Kier alpha value is -0.270. The highest BCUT2D eigenvalue weighted by atomic mass is 35.5. The molecule has 0 saturated carbocycles. The molecule has 0 aliphatic carbocycles. The Morgan fingerprint density at radius 3 is 1.77 bits per heavy atom. The van der Waals surface area contributed by atoms with Crippen LogP contribution in [-0.2, 0) is 0 Å². The molecule has 13 heavy (non-hydrogen) atoms. The average Bonchev–Trinajstić information content (AvgIpc) is 2.07. The molecule has 2 heteroatoms. The van der Waals surface area contributed by atoms with E-state index in [0.717, 1.165) is 13.1 Å². The van der Waals surface area contributed by atoms with Crippen molar-refractivity contribution in [2.24, 2.45) is 0 Å². The normalized spacial score (nSPS) is 20.0. The van der Waals surface area contributed by atoms with Gasteiger partial charge in [-0.05, 0) is 31.4 Å². The SMILES string of the molecule is C=CC[N+]1(CC=C)CCCCC1.[Cl-]. The molecule has 0 spiro atoms. The van der Waals surface area contributed by atoms with E-state index < -0.39 is 0 Å². The molecule has 0 aromatic rings. The van der Waals surface area contributed by atoms with Gasteiger partial charge in [0.15, 0.2) is 0 Å². The number of hydrogen-bond donors (Lipinski definition) is 0. The van der Waals surface area contributed by atoms with Gasteiger partial charge >= 0.3 is 0 Å². The van der Waals surface area contributed by atoms with Gasteiger partial charge in [-0.1, -0.05) is 13.2 Å². The van der Waals surface area contributed by atoms with Gasteiger partial charge < -0.3 is 16.9 Å². The van der Waals surface area contributed by atoms with E-state index in [4.69, 9.17) is 0 Å². The second-order valence-corrected chi connectivity index (χ2v) is 3.79. The van der Waals surface area contributed by atoms with Crippen LogP contribution in [0.4, 0.5) is 0 Å². The lowest BCUT2D eigenvalue weighted by molar-refractivity contribution is -0.921. The Morgan fingerprint density at radius 1 is 0.923 bits per heavy atom. The van der Waals surface area contributed by atoms with Crippen molar-refractivity contribution < 1.29 is 16.9 Å². The molecular weight excluding hydrogens is 182 g/mol. The summed E-state index contributed by atoms with van der Waals surface area (Å²) in [6, 6.07) is 0. The van der Waals surface area contributed by atoms with Gasteiger partial charge in [-0.3, -0.25) is 0 Å². The third kappa shape index (κ3) is 3.53. The first-order valence-corrected chi connectivity index (χ1v) is 4.90. The Bertz CT molecular complexity index is 147. The van der Waals surface area contributed by atoms with Crippen molar-refractivity contribution in [2.75, 3.05) is 26.2 Å². The van der Waals surface area contributed by atoms with E-state index >= 15 is 0 Å². The molecule has 0 radical (unpaired) electrons. The maximum Gasteiger partial charge on any atom is 0.0973 e. The molecule has 76 valence electrons. The first-order chi connectivity index (χ1) is 5.83. The number of piperidine rings is 1. The zero-order valence-corrected chi connectivity index (χ0v) is 9.10. The highest BCUT2D eigenvalue weighted by molar-refractivity contribution is 4.73. The van der Waals surface area contributed by atoms with Gasteiger partial charge in [0, 0.05) is 0 Å². The maximum absolute atomic E-state index is 3.83. The monoisotopic (exact) mass is 201 g/mol. The van der Waals surface area contributed by atoms with Crippen LogP contribution in [0.1, 0.15) is 19.3 Å². The first kappa shape index (κ1) is 12.7. The number of halogens is 1. The topological polar surface area (TPSA) is 0 Å². The van der Waals surface area contributed by atoms with Crippen molar-refractivity contribution in [3.8, 4) is 0 Å². The van der Waals surface area contributed by atoms with E-state index in [1.165, 1.54) is 36.8 Å². The fourth-order valence-electron chi connectivity index (χ4n) is 2.17.